The fourth-order valence-electron chi connectivity index (χ4n) is 0.789. The normalized spacial score (nSPS) is 9.79. The Bertz CT molecular complexity index is 128. The molecule has 0 spiro atoms. The number of nitrogens with one attached hydrogen (secondary N) is 1. The third-order valence-electron chi connectivity index (χ3n) is 2.40. The number of hydrogen-bond acceptors (Lipinski definition) is 6. The van der Waals surface area contributed by atoms with Gasteiger partial charge in [0.15, 0.2) is 0 Å². The summed E-state index contributed by atoms with van der Waals surface area (Å²) in [6.45, 7) is 9.17. The van der Waals surface area contributed by atoms with Gasteiger partial charge in [0, 0.05) is 19.6 Å². The van der Waals surface area contributed by atoms with E-state index in [1.165, 1.54) is 0 Å². The third kappa shape index (κ3) is 31.9. The number of nitrogens with zero attached hydrogens (tertiary/aromatic N) is 2. The second kappa shape index (κ2) is 22.9. The van der Waals surface area contributed by atoms with Crippen molar-refractivity contribution in [3.8, 4) is 0 Å². The van der Waals surface area contributed by atoms with E-state index < -0.39 is 0 Å². The van der Waals surface area contributed by atoms with Crippen molar-refractivity contribution in [2.45, 2.75) is 13.8 Å². The Kier molecular flexibility index (Phi) is 28.7. The molecule has 0 rings (SSSR count). The molecule has 0 radical (unpaired) electrons. The van der Waals surface area contributed by atoms with Gasteiger partial charge in [0.05, 0.1) is 19.8 Å². The minimum absolute atomic E-state index is 0.163. The molecule has 0 bridgehead atoms. The van der Waals surface area contributed by atoms with Crippen LogP contribution in [0.3, 0.4) is 0 Å². The van der Waals surface area contributed by atoms with Crippen molar-refractivity contribution in [2.75, 3.05) is 73.7 Å². The molecule has 6 nitrogen and oxygen atoms in total. The first kappa shape index (κ1) is 23.8. The zero-order valence-corrected chi connectivity index (χ0v) is 13.4. The monoisotopic (exact) mass is 281 g/mol. The lowest BCUT2D eigenvalue weighted by Gasteiger charge is -2.11. The second-order valence-electron chi connectivity index (χ2n) is 4.07. The van der Waals surface area contributed by atoms with Gasteiger partial charge in [-0.25, -0.2) is 0 Å². The van der Waals surface area contributed by atoms with Crippen LogP contribution in [0.5, 0.6) is 0 Å². The van der Waals surface area contributed by atoms with Crippen LogP contribution in [0.2, 0.25) is 0 Å². The Balaban J connectivity index is -0.000000209. The van der Waals surface area contributed by atoms with Crippen molar-refractivity contribution < 1.29 is 15.3 Å². The number of aliphatic hydroxyl groups excluding tert-OH is 3. The van der Waals surface area contributed by atoms with Crippen LogP contribution in [0.25, 0.3) is 0 Å². The number of rotatable bonds is 8. The highest BCUT2D eigenvalue weighted by atomic mass is 16.3. The van der Waals surface area contributed by atoms with Crippen molar-refractivity contribution in [2.24, 2.45) is 0 Å². The van der Waals surface area contributed by atoms with E-state index in [-0.39, 0.29) is 19.8 Å². The molecule has 0 atom stereocenters. The van der Waals surface area contributed by atoms with Gasteiger partial charge >= 0.3 is 0 Å². The summed E-state index contributed by atoms with van der Waals surface area (Å²) in [5, 5.41) is 27.5. The number of hydrogen-bond donors (Lipinski definition) is 4. The molecule has 4 N–H and O–H groups in total. The Morgan fingerprint density at radius 2 is 1.21 bits per heavy atom. The molecule has 0 saturated heterocycles. The van der Waals surface area contributed by atoms with Crippen molar-refractivity contribution in [1.82, 2.24) is 15.1 Å². The van der Waals surface area contributed by atoms with Gasteiger partial charge in [0.1, 0.15) is 0 Å². The summed E-state index contributed by atoms with van der Waals surface area (Å²) in [6.07, 6.45) is 0. The van der Waals surface area contributed by atoms with E-state index >= 15 is 0 Å². The third-order valence-corrected chi connectivity index (χ3v) is 2.40. The van der Waals surface area contributed by atoms with E-state index in [2.05, 4.69) is 31.1 Å². The molecule has 0 aromatic carbocycles. The van der Waals surface area contributed by atoms with Crippen molar-refractivity contribution in [3.05, 3.63) is 0 Å². The molecule has 19 heavy (non-hydrogen) atoms. The largest absolute Gasteiger partial charge is 0.395 e. The summed E-state index contributed by atoms with van der Waals surface area (Å²) in [5.74, 6) is 0. The van der Waals surface area contributed by atoms with Crippen LogP contribution in [0.1, 0.15) is 13.8 Å². The molecule has 0 aliphatic rings. The molecule has 0 aromatic rings. The summed E-state index contributed by atoms with van der Waals surface area (Å²) in [4.78, 5) is 4.11. The average Bonchev–Trinajstić information content (AvgIpc) is 2.41. The van der Waals surface area contributed by atoms with E-state index in [0.717, 1.165) is 13.1 Å². The lowest BCUT2D eigenvalue weighted by Crippen LogP contribution is -2.25. The smallest absolute Gasteiger partial charge is 0.0558 e. The first-order chi connectivity index (χ1) is 9.03. The molecule has 0 aliphatic heterocycles. The SMILES string of the molecule is CCN(C)CC.CN(CCO)CCO.CNCCO. The van der Waals surface area contributed by atoms with Crippen LogP contribution in [-0.2, 0) is 0 Å². The zero-order chi connectivity index (χ0) is 15.5. The lowest BCUT2D eigenvalue weighted by molar-refractivity contribution is 0.184. The van der Waals surface area contributed by atoms with Gasteiger partial charge in [-0.15, -0.1) is 0 Å². The summed E-state index contributed by atoms with van der Waals surface area (Å²) in [7, 11) is 5.77. The summed E-state index contributed by atoms with van der Waals surface area (Å²) in [6, 6.07) is 0. The molecule has 6 heteroatoms. The van der Waals surface area contributed by atoms with Gasteiger partial charge < -0.3 is 30.4 Å². The van der Waals surface area contributed by atoms with E-state index in [4.69, 9.17) is 15.3 Å². The topological polar surface area (TPSA) is 79.2 Å². The molecule has 0 amide bonds. The number of aliphatic hydroxyl groups is 3. The maximum atomic E-state index is 8.34. The molecule has 120 valence electrons. The lowest BCUT2D eigenvalue weighted by atomic mass is 10.5. The van der Waals surface area contributed by atoms with Gasteiger partial charge in [0.2, 0.25) is 0 Å². The summed E-state index contributed by atoms with van der Waals surface area (Å²) >= 11 is 0. The maximum Gasteiger partial charge on any atom is 0.0558 e. The van der Waals surface area contributed by atoms with Crippen molar-refractivity contribution >= 4 is 0 Å². The predicted octanol–water partition coefficient (Wildman–Crippen LogP) is -0.941. The van der Waals surface area contributed by atoms with Crippen LogP contribution in [0.4, 0.5) is 0 Å². The van der Waals surface area contributed by atoms with Crippen LogP contribution < -0.4 is 5.32 Å². The van der Waals surface area contributed by atoms with E-state index in [0.29, 0.717) is 19.6 Å². The molecule has 0 fully saturated rings. The minimum Gasteiger partial charge on any atom is -0.395 e. The minimum atomic E-state index is 0.163. The Hall–Kier alpha value is -0.240. The molecular weight excluding hydrogens is 246 g/mol. The zero-order valence-electron chi connectivity index (χ0n) is 13.4. The first-order valence-corrected chi connectivity index (χ1v) is 6.88. The second-order valence-corrected chi connectivity index (χ2v) is 4.07. The maximum absolute atomic E-state index is 8.34. The molecule has 0 aliphatic carbocycles. The summed E-state index contributed by atoms with van der Waals surface area (Å²) in [5.41, 5.74) is 0. The highest BCUT2D eigenvalue weighted by Gasteiger charge is 1.91. The first-order valence-electron chi connectivity index (χ1n) is 6.88. The van der Waals surface area contributed by atoms with Crippen molar-refractivity contribution in [1.29, 1.82) is 0 Å². The predicted molar refractivity (Wildman–Crippen MR) is 81.5 cm³/mol. The number of likely N-dealkylation sites (N-methyl/N-ethyl adjacent to an activating group) is 2. The van der Waals surface area contributed by atoms with E-state index in [1.807, 2.05) is 11.9 Å². The van der Waals surface area contributed by atoms with Crippen LogP contribution >= 0.6 is 0 Å². The Morgan fingerprint density at radius 3 is 1.32 bits per heavy atom. The average molecular weight is 281 g/mol. The van der Waals surface area contributed by atoms with E-state index in [1.54, 1.807) is 7.05 Å². The van der Waals surface area contributed by atoms with Crippen LogP contribution in [0, 0.1) is 0 Å². The van der Waals surface area contributed by atoms with Gasteiger partial charge in [-0.05, 0) is 34.2 Å². The standard InChI is InChI=1S/C5H13NO2.C5H13N.C3H9NO/c1-6(2-4-7)3-5-8;1-4-6(3)5-2;1-4-2-3-5/h7-8H,2-5H2,1H3;4-5H2,1-3H3;4-5H,2-3H2,1H3. The Morgan fingerprint density at radius 1 is 0.789 bits per heavy atom. The van der Waals surface area contributed by atoms with Crippen LogP contribution in [-0.4, -0.2) is 98.8 Å². The molecule has 0 heterocycles. The summed E-state index contributed by atoms with van der Waals surface area (Å²) < 4.78 is 0. The van der Waals surface area contributed by atoms with Gasteiger partial charge in [0.25, 0.3) is 0 Å². The fourth-order valence-corrected chi connectivity index (χ4v) is 0.789. The Labute approximate surface area is 119 Å². The van der Waals surface area contributed by atoms with Crippen molar-refractivity contribution in [3.63, 3.8) is 0 Å². The van der Waals surface area contributed by atoms with Crippen LogP contribution in [0.15, 0.2) is 0 Å². The molecule has 0 aromatic heterocycles. The quantitative estimate of drug-likeness (QED) is 0.460. The van der Waals surface area contributed by atoms with Gasteiger partial charge in [-0.3, -0.25) is 0 Å². The highest BCUT2D eigenvalue weighted by molar-refractivity contribution is 4.45. The van der Waals surface area contributed by atoms with Gasteiger partial charge in [-0.1, -0.05) is 13.8 Å². The highest BCUT2D eigenvalue weighted by Crippen LogP contribution is 1.76. The van der Waals surface area contributed by atoms with E-state index in [9.17, 15) is 0 Å². The van der Waals surface area contributed by atoms with Gasteiger partial charge in [-0.2, -0.15) is 0 Å². The molecular formula is C13H35N3O3. The molecule has 0 unspecified atom stereocenters. The fraction of sp³-hybridized carbons (Fsp3) is 1.00. The molecule has 0 saturated carbocycles.